The first kappa shape index (κ1) is 19.7. The summed E-state index contributed by atoms with van der Waals surface area (Å²) in [6, 6.07) is 4.95. The number of likely N-dealkylation sites (tertiary alicyclic amines) is 1. The number of aliphatic carboxylic acids is 1. The van der Waals surface area contributed by atoms with Gasteiger partial charge in [-0.25, -0.2) is 9.59 Å². The van der Waals surface area contributed by atoms with Gasteiger partial charge >= 0.3 is 12.1 Å². The molecule has 1 aromatic carbocycles. The molecular weight excluding hydrogens is 364 g/mol. The Bertz CT molecular complexity index is 832. The number of benzene rings is 1. The molecule has 2 aliphatic heterocycles. The molecule has 2 aliphatic rings. The summed E-state index contributed by atoms with van der Waals surface area (Å²) in [5, 5.41) is 11.6. The number of carboxylic acids is 1. The normalized spacial score (nSPS) is 18.4. The molecule has 2 amide bonds. The largest absolute Gasteiger partial charge is 0.478 e. The standard InChI is InChI=1S/C20H24N2O6/c1-19(2,3)28-18(26)22-10-8-20(9-11-22)21-17(25)14-12-13(5-7-16(23)24)4-6-15(14)27-20/h4-7,12H,8-11H2,1-3H3,(H,21,25)(H,23,24)/b7-5+. The summed E-state index contributed by atoms with van der Waals surface area (Å²) in [5.74, 6) is -0.895. The number of hydrogen-bond donors (Lipinski definition) is 2. The van der Waals surface area contributed by atoms with E-state index in [1.807, 2.05) is 20.8 Å². The van der Waals surface area contributed by atoms with E-state index in [-0.39, 0.29) is 12.0 Å². The first-order valence-corrected chi connectivity index (χ1v) is 9.11. The Morgan fingerprint density at radius 1 is 1.29 bits per heavy atom. The quantitative estimate of drug-likeness (QED) is 0.755. The van der Waals surface area contributed by atoms with Gasteiger partial charge in [0, 0.05) is 32.0 Å². The molecule has 2 N–H and O–H groups in total. The second kappa shape index (κ2) is 7.18. The molecule has 8 heteroatoms. The number of piperidine rings is 1. The second-order valence-electron chi connectivity index (χ2n) is 7.95. The zero-order chi connectivity index (χ0) is 20.5. The van der Waals surface area contributed by atoms with Crippen LogP contribution < -0.4 is 10.1 Å². The number of amides is 2. The lowest BCUT2D eigenvalue weighted by atomic mass is 9.96. The van der Waals surface area contributed by atoms with Crippen molar-refractivity contribution >= 4 is 24.0 Å². The van der Waals surface area contributed by atoms with Crippen LogP contribution in [0.2, 0.25) is 0 Å². The molecule has 1 fully saturated rings. The molecular formula is C20H24N2O6. The number of carboxylic acid groups (broad SMARTS) is 1. The molecule has 28 heavy (non-hydrogen) atoms. The second-order valence-corrected chi connectivity index (χ2v) is 7.95. The van der Waals surface area contributed by atoms with Crippen molar-refractivity contribution in [3.63, 3.8) is 0 Å². The maximum atomic E-state index is 12.6. The van der Waals surface area contributed by atoms with Gasteiger partial charge in [-0.15, -0.1) is 0 Å². The van der Waals surface area contributed by atoms with E-state index in [2.05, 4.69) is 5.32 Å². The third-order valence-electron chi connectivity index (χ3n) is 4.54. The van der Waals surface area contributed by atoms with Crippen LogP contribution in [0.25, 0.3) is 6.08 Å². The lowest BCUT2D eigenvalue weighted by molar-refractivity contribution is -0.131. The number of nitrogens with zero attached hydrogens (tertiary/aromatic N) is 1. The maximum absolute atomic E-state index is 12.6. The van der Waals surface area contributed by atoms with Gasteiger partial charge in [-0.2, -0.15) is 0 Å². The molecule has 3 rings (SSSR count). The number of carbonyl (C=O) groups is 3. The summed E-state index contributed by atoms with van der Waals surface area (Å²) < 4.78 is 11.5. The van der Waals surface area contributed by atoms with Crippen LogP contribution in [0.1, 0.15) is 49.5 Å². The molecule has 150 valence electrons. The van der Waals surface area contributed by atoms with Gasteiger partial charge in [-0.05, 0) is 44.5 Å². The Morgan fingerprint density at radius 3 is 2.57 bits per heavy atom. The minimum absolute atomic E-state index is 0.280. The molecule has 0 bridgehead atoms. The SMILES string of the molecule is CC(C)(C)OC(=O)N1CCC2(CC1)NC(=O)c1cc(/C=C/C(=O)O)ccc1O2. The molecule has 2 heterocycles. The minimum atomic E-state index is -1.06. The predicted molar refractivity (Wildman–Crippen MR) is 101 cm³/mol. The van der Waals surface area contributed by atoms with E-state index in [1.165, 1.54) is 6.08 Å². The van der Waals surface area contributed by atoms with Crippen molar-refractivity contribution in [3.05, 3.63) is 35.4 Å². The highest BCUT2D eigenvalue weighted by Gasteiger charge is 2.43. The van der Waals surface area contributed by atoms with E-state index in [0.29, 0.717) is 42.8 Å². The van der Waals surface area contributed by atoms with Crippen LogP contribution in [-0.4, -0.2) is 52.4 Å². The van der Waals surface area contributed by atoms with Gasteiger partial charge in [0.1, 0.15) is 11.4 Å². The van der Waals surface area contributed by atoms with E-state index >= 15 is 0 Å². The Labute approximate surface area is 163 Å². The smallest absolute Gasteiger partial charge is 0.410 e. The number of fused-ring (bicyclic) bond motifs is 1. The molecule has 0 unspecified atom stereocenters. The summed E-state index contributed by atoms with van der Waals surface area (Å²) in [5.41, 5.74) is -0.475. The van der Waals surface area contributed by atoms with Crippen LogP contribution in [0, 0.1) is 0 Å². The first-order valence-electron chi connectivity index (χ1n) is 9.11. The molecule has 8 nitrogen and oxygen atoms in total. The van der Waals surface area contributed by atoms with Crippen LogP contribution >= 0.6 is 0 Å². The average Bonchev–Trinajstić information content (AvgIpc) is 2.59. The van der Waals surface area contributed by atoms with Gasteiger partial charge in [0.15, 0.2) is 5.72 Å². The van der Waals surface area contributed by atoms with E-state index in [9.17, 15) is 14.4 Å². The molecule has 0 atom stereocenters. The zero-order valence-corrected chi connectivity index (χ0v) is 16.2. The minimum Gasteiger partial charge on any atom is -0.478 e. The Hall–Kier alpha value is -3.03. The molecule has 1 saturated heterocycles. The lowest BCUT2D eigenvalue weighted by Crippen LogP contribution is -2.61. The van der Waals surface area contributed by atoms with Crippen molar-refractivity contribution in [3.8, 4) is 5.75 Å². The average molecular weight is 388 g/mol. The van der Waals surface area contributed by atoms with Crippen molar-refractivity contribution in [2.45, 2.75) is 44.9 Å². The number of hydrogen-bond acceptors (Lipinski definition) is 5. The third-order valence-corrected chi connectivity index (χ3v) is 4.54. The number of carbonyl (C=O) groups excluding carboxylic acids is 2. The number of nitrogens with one attached hydrogen (secondary N) is 1. The third kappa shape index (κ3) is 4.44. The zero-order valence-electron chi connectivity index (χ0n) is 16.2. The van der Waals surface area contributed by atoms with E-state index < -0.39 is 17.3 Å². The fraction of sp³-hybridized carbons (Fsp3) is 0.450. The predicted octanol–water partition coefficient (Wildman–Crippen LogP) is 2.63. The lowest BCUT2D eigenvalue weighted by Gasteiger charge is -2.44. The summed E-state index contributed by atoms with van der Waals surface area (Å²) >= 11 is 0. The molecule has 1 spiro atoms. The maximum Gasteiger partial charge on any atom is 0.410 e. The van der Waals surface area contributed by atoms with E-state index in [0.717, 1.165) is 6.08 Å². The molecule has 0 radical (unpaired) electrons. The van der Waals surface area contributed by atoms with Crippen molar-refractivity contribution in [1.82, 2.24) is 10.2 Å². The van der Waals surface area contributed by atoms with Crippen molar-refractivity contribution in [1.29, 1.82) is 0 Å². The number of rotatable bonds is 2. The fourth-order valence-corrected chi connectivity index (χ4v) is 3.20. The fourth-order valence-electron chi connectivity index (χ4n) is 3.20. The van der Waals surface area contributed by atoms with E-state index in [1.54, 1.807) is 23.1 Å². The van der Waals surface area contributed by atoms with E-state index in [4.69, 9.17) is 14.6 Å². The van der Waals surface area contributed by atoms with Crippen molar-refractivity contribution < 1.29 is 29.0 Å². The van der Waals surface area contributed by atoms with Gasteiger partial charge < -0.3 is 24.8 Å². The Kier molecular flexibility index (Phi) is 5.06. The molecule has 0 aliphatic carbocycles. The van der Waals surface area contributed by atoms with Crippen LogP contribution in [0.5, 0.6) is 5.75 Å². The summed E-state index contributed by atoms with van der Waals surface area (Å²) in [6.07, 6.45) is 2.94. The highest BCUT2D eigenvalue weighted by atomic mass is 16.6. The molecule has 1 aromatic rings. The van der Waals surface area contributed by atoms with Crippen molar-refractivity contribution in [2.75, 3.05) is 13.1 Å². The van der Waals surface area contributed by atoms with Gasteiger partial charge in [-0.1, -0.05) is 6.07 Å². The Morgan fingerprint density at radius 2 is 1.96 bits per heavy atom. The highest BCUT2D eigenvalue weighted by molar-refractivity contribution is 5.99. The first-order chi connectivity index (χ1) is 13.1. The summed E-state index contributed by atoms with van der Waals surface area (Å²) in [4.78, 5) is 37.1. The van der Waals surface area contributed by atoms with Crippen LogP contribution in [0.3, 0.4) is 0 Å². The number of ether oxygens (including phenoxy) is 2. The highest BCUT2D eigenvalue weighted by Crippen LogP contribution is 2.34. The Balaban J connectivity index is 1.70. The van der Waals surface area contributed by atoms with Gasteiger partial charge in [0.05, 0.1) is 5.56 Å². The van der Waals surface area contributed by atoms with Crippen molar-refractivity contribution in [2.24, 2.45) is 0 Å². The molecule has 0 aromatic heterocycles. The van der Waals surface area contributed by atoms with Crippen LogP contribution in [0.15, 0.2) is 24.3 Å². The van der Waals surface area contributed by atoms with Crippen LogP contribution in [0.4, 0.5) is 4.79 Å². The summed E-state index contributed by atoms with van der Waals surface area (Å²) in [7, 11) is 0. The monoisotopic (exact) mass is 388 g/mol. The topological polar surface area (TPSA) is 105 Å². The van der Waals surface area contributed by atoms with Gasteiger partial charge in [-0.3, -0.25) is 4.79 Å². The van der Waals surface area contributed by atoms with Gasteiger partial charge in [0.25, 0.3) is 5.91 Å². The molecule has 0 saturated carbocycles. The van der Waals surface area contributed by atoms with Gasteiger partial charge in [0.2, 0.25) is 0 Å². The van der Waals surface area contributed by atoms with Crippen LogP contribution in [-0.2, 0) is 9.53 Å². The summed E-state index contributed by atoms with van der Waals surface area (Å²) in [6.45, 7) is 6.26.